The molecule has 0 aliphatic rings. The fourth-order valence-electron chi connectivity index (χ4n) is 2.42. The summed E-state index contributed by atoms with van der Waals surface area (Å²) in [5.74, 6) is -0.358. The number of aliphatic hydroxyl groups excluding tert-OH is 4. The van der Waals surface area contributed by atoms with Gasteiger partial charge in [-0.15, -0.1) is 0 Å². The van der Waals surface area contributed by atoms with Crippen LogP contribution in [0.15, 0.2) is 0 Å². The van der Waals surface area contributed by atoms with Crippen LogP contribution in [0.4, 0.5) is 0 Å². The van der Waals surface area contributed by atoms with Crippen LogP contribution in [0.2, 0.25) is 0 Å². The maximum absolute atomic E-state index is 11.8. The van der Waals surface area contributed by atoms with Crippen LogP contribution < -0.4 is 21.3 Å². The largest absolute Gasteiger partial charge is 0.396 e. The van der Waals surface area contributed by atoms with Gasteiger partial charge in [0.25, 0.3) is 0 Å². The molecule has 37 heavy (non-hydrogen) atoms. The molecule has 0 aromatic carbocycles. The summed E-state index contributed by atoms with van der Waals surface area (Å²) in [6.45, 7) is 6.66. The van der Waals surface area contributed by atoms with Crippen LogP contribution in [0.3, 0.4) is 0 Å². The van der Waals surface area contributed by atoms with Gasteiger partial charge in [0.15, 0.2) is 0 Å². The second kappa shape index (κ2) is 18.9. The SMILES string of the molecule is CC(C)(CO)[C@@H](O)C(=O)NCCC(=O)NCCSSSCCNC(=O)CCNC(=O)[C@H](O)C(C)(C)CO. The molecular weight excluding hydrogens is 544 g/mol. The van der Waals surface area contributed by atoms with E-state index in [1.807, 2.05) is 0 Å². The molecular formula is C22H42N4O8S3. The molecule has 216 valence electrons. The van der Waals surface area contributed by atoms with E-state index in [0.717, 1.165) is 0 Å². The van der Waals surface area contributed by atoms with Gasteiger partial charge in [-0.05, 0) is 9.83 Å². The normalized spacial score (nSPS) is 13.4. The minimum atomic E-state index is -1.36. The topological polar surface area (TPSA) is 197 Å². The van der Waals surface area contributed by atoms with Crippen molar-refractivity contribution in [1.82, 2.24) is 21.3 Å². The lowest BCUT2D eigenvalue weighted by atomic mass is 9.87. The van der Waals surface area contributed by atoms with E-state index in [1.165, 1.54) is 9.83 Å². The predicted molar refractivity (Wildman–Crippen MR) is 148 cm³/mol. The molecule has 0 saturated carbocycles. The molecule has 0 saturated heterocycles. The first-order valence-corrected chi connectivity index (χ1v) is 15.7. The smallest absolute Gasteiger partial charge is 0.249 e. The van der Waals surface area contributed by atoms with Gasteiger partial charge in [-0.2, -0.15) is 0 Å². The summed E-state index contributed by atoms with van der Waals surface area (Å²) in [6, 6.07) is 0. The maximum atomic E-state index is 11.8. The second-order valence-corrected chi connectivity index (χ2v) is 14.1. The van der Waals surface area contributed by atoms with Crippen molar-refractivity contribution in [2.24, 2.45) is 10.8 Å². The molecule has 0 bridgehead atoms. The fourth-order valence-corrected chi connectivity index (χ4v) is 5.94. The average Bonchev–Trinajstić information content (AvgIpc) is 2.86. The molecule has 8 N–H and O–H groups in total. The number of aliphatic hydroxyl groups is 4. The van der Waals surface area contributed by atoms with Crippen molar-refractivity contribution in [2.45, 2.75) is 52.7 Å². The average molecular weight is 587 g/mol. The van der Waals surface area contributed by atoms with Crippen molar-refractivity contribution in [1.29, 1.82) is 0 Å². The molecule has 0 aromatic rings. The van der Waals surface area contributed by atoms with Crippen molar-refractivity contribution in [3.63, 3.8) is 0 Å². The van der Waals surface area contributed by atoms with Gasteiger partial charge >= 0.3 is 0 Å². The molecule has 4 amide bonds. The highest BCUT2D eigenvalue weighted by Gasteiger charge is 2.33. The Morgan fingerprint density at radius 1 is 0.649 bits per heavy atom. The van der Waals surface area contributed by atoms with Gasteiger partial charge in [-0.1, -0.05) is 49.3 Å². The third kappa shape index (κ3) is 15.7. The van der Waals surface area contributed by atoms with E-state index in [1.54, 1.807) is 49.3 Å². The molecule has 0 aliphatic carbocycles. The molecule has 0 aromatic heterocycles. The number of carbonyl (C=O) groups is 4. The Hall–Kier alpha value is -1.23. The summed E-state index contributed by atoms with van der Waals surface area (Å²) < 4.78 is 0. The molecule has 0 spiro atoms. The lowest BCUT2D eigenvalue weighted by Gasteiger charge is -2.27. The highest BCUT2D eigenvalue weighted by atomic mass is 33.5. The monoisotopic (exact) mass is 586 g/mol. The molecule has 0 heterocycles. The predicted octanol–water partition coefficient (Wildman–Crippen LogP) is -0.980. The van der Waals surface area contributed by atoms with Crippen LogP contribution in [0.1, 0.15) is 40.5 Å². The fraction of sp³-hybridized carbons (Fsp3) is 0.818. The third-order valence-electron chi connectivity index (χ3n) is 5.21. The third-order valence-corrected chi connectivity index (χ3v) is 9.45. The van der Waals surface area contributed by atoms with Gasteiger partial charge in [0.1, 0.15) is 12.2 Å². The van der Waals surface area contributed by atoms with Gasteiger partial charge in [-0.25, -0.2) is 0 Å². The van der Waals surface area contributed by atoms with Crippen molar-refractivity contribution < 1.29 is 39.6 Å². The van der Waals surface area contributed by atoms with Crippen LogP contribution in [-0.2, 0) is 19.2 Å². The number of amides is 4. The van der Waals surface area contributed by atoms with Crippen LogP contribution in [0, 0.1) is 10.8 Å². The lowest BCUT2D eigenvalue weighted by Crippen LogP contribution is -2.46. The molecule has 2 atom stereocenters. The summed E-state index contributed by atoms with van der Waals surface area (Å²) in [4.78, 5) is 47.3. The van der Waals surface area contributed by atoms with Crippen molar-refractivity contribution >= 4 is 55.0 Å². The summed E-state index contributed by atoms with van der Waals surface area (Å²) >= 11 is 0. The molecule has 0 radical (unpaired) electrons. The highest BCUT2D eigenvalue weighted by molar-refractivity contribution is 9.09. The first kappa shape index (κ1) is 35.8. The molecule has 0 unspecified atom stereocenters. The second-order valence-electron chi connectivity index (χ2n) is 9.59. The van der Waals surface area contributed by atoms with Crippen LogP contribution in [-0.4, -0.2) is 107 Å². The van der Waals surface area contributed by atoms with Crippen molar-refractivity contribution in [2.75, 3.05) is 50.9 Å². The van der Waals surface area contributed by atoms with E-state index in [2.05, 4.69) is 21.3 Å². The lowest BCUT2D eigenvalue weighted by molar-refractivity contribution is -0.137. The Morgan fingerprint density at radius 3 is 1.32 bits per heavy atom. The van der Waals surface area contributed by atoms with Crippen LogP contribution in [0.25, 0.3) is 0 Å². The Bertz CT molecular complexity index is 670. The molecule has 12 nitrogen and oxygen atoms in total. The number of carbonyl (C=O) groups excluding carboxylic acids is 4. The van der Waals surface area contributed by atoms with Crippen LogP contribution in [0.5, 0.6) is 0 Å². The first-order chi connectivity index (χ1) is 17.3. The van der Waals surface area contributed by atoms with Crippen molar-refractivity contribution in [3.8, 4) is 0 Å². The number of hydrogen-bond acceptors (Lipinski definition) is 11. The summed E-state index contributed by atoms with van der Waals surface area (Å²) in [6.07, 6.45) is -2.57. The standard InChI is InChI=1S/C22H42N4O8S3/c1-21(2,13-27)17(31)19(33)25-7-5-15(29)23-9-11-35-37-36-12-10-24-16(30)6-8-26-20(34)18(32)22(3,4)14-28/h17-18,27-28,31-32H,5-14H2,1-4H3,(H,23,29)(H,24,30)(H,25,33)(H,26,34)/t17-,18-/m0/s1. The highest BCUT2D eigenvalue weighted by Crippen LogP contribution is 2.33. The molecule has 0 aliphatic heterocycles. The zero-order chi connectivity index (χ0) is 28.5. The van der Waals surface area contributed by atoms with Gasteiger partial charge in [0.2, 0.25) is 23.6 Å². The van der Waals surface area contributed by atoms with E-state index < -0.39 is 34.9 Å². The van der Waals surface area contributed by atoms with Gasteiger partial charge in [0.05, 0.1) is 13.2 Å². The van der Waals surface area contributed by atoms with E-state index >= 15 is 0 Å². The van der Waals surface area contributed by atoms with E-state index in [4.69, 9.17) is 0 Å². The zero-order valence-corrected chi connectivity index (χ0v) is 24.3. The van der Waals surface area contributed by atoms with Crippen LogP contribution >= 0.6 is 31.4 Å². The Balaban J connectivity index is 3.70. The Labute approximate surface area is 230 Å². The van der Waals surface area contributed by atoms with E-state index in [0.29, 0.717) is 24.6 Å². The first-order valence-electron chi connectivity index (χ1n) is 11.9. The molecule has 0 fully saturated rings. The summed E-state index contributed by atoms with van der Waals surface area (Å²) in [5.41, 5.74) is -1.93. The quantitative estimate of drug-likeness (QED) is 0.0645. The minimum Gasteiger partial charge on any atom is -0.396 e. The Kier molecular flexibility index (Phi) is 18.3. The Morgan fingerprint density at radius 2 is 1.00 bits per heavy atom. The van der Waals surface area contributed by atoms with E-state index in [-0.39, 0.29) is 51.0 Å². The maximum Gasteiger partial charge on any atom is 0.249 e. The minimum absolute atomic E-state index is 0.0785. The van der Waals surface area contributed by atoms with Gasteiger partial charge in [-0.3, -0.25) is 19.2 Å². The van der Waals surface area contributed by atoms with Crippen molar-refractivity contribution in [3.05, 3.63) is 0 Å². The zero-order valence-electron chi connectivity index (χ0n) is 21.9. The molecule has 0 rings (SSSR count). The number of nitrogens with one attached hydrogen (secondary N) is 4. The van der Waals surface area contributed by atoms with Gasteiger partial charge < -0.3 is 41.7 Å². The number of hydrogen-bond donors (Lipinski definition) is 8. The summed E-state index contributed by atoms with van der Waals surface area (Å²) in [7, 11) is 4.64. The van der Waals surface area contributed by atoms with E-state index in [9.17, 15) is 39.6 Å². The van der Waals surface area contributed by atoms with Gasteiger partial charge in [0, 0.05) is 61.4 Å². The number of rotatable bonds is 20. The molecule has 15 heteroatoms. The summed E-state index contributed by atoms with van der Waals surface area (Å²) in [5, 5.41) is 48.6.